The molecule has 0 spiro atoms. The summed E-state index contributed by atoms with van der Waals surface area (Å²) in [6.07, 6.45) is 6.69. The standard InChI is InChI=1S/C19H28N4OS/c1-3-5-11-23(12-6-4-2)14-17-9-7-16(8-10-17)13-20-22-19-21-18(24)15-25-19/h7-10,13H,3-6,11-12,14-15H2,1-2H3,(H,21,22,24). The van der Waals surface area contributed by atoms with E-state index in [2.05, 4.69) is 58.5 Å². The first-order chi connectivity index (χ1) is 12.2. The summed E-state index contributed by atoms with van der Waals surface area (Å²) in [6, 6.07) is 8.45. The molecule has 136 valence electrons. The van der Waals surface area contributed by atoms with E-state index in [1.54, 1.807) is 6.21 Å². The molecule has 6 heteroatoms. The van der Waals surface area contributed by atoms with Gasteiger partial charge in [0.15, 0.2) is 5.17 Å². The Kier molecular flexibility index (Phi) is 8.69. The summed E-state index contributed by atoms with van der Waals surface area (Å²) in [5.41, 5.74) is 2.34. The largest absolute Gasteiger partial charge is 0.303 e. The molecular weight excluding hydrogens is 332 g/mol. The lowest BCUT2D eigenvalue weighted by Crippen LogP contribution is -2.25. The Morgan fingerprint density at radius 2 is 1.84 bits per heavy atom. The Bertz CT molecular complexity index is 590. The van der Waals surface area contributed by atoms with Crippen molar-refractivity contribution < 1.29 is 4.79 Å². The number of unbranched alkanes of at least 4 members (excludes halogenated alkanes) is 2. The highest BCUT2D eigenvalue weighted by atomic mass is 32.2. The maximum absolute atomic E-state index is 11.1. The Labute approximate surface area is 155 Å². The highest BCUT2D eigenvalue weighted by molar-refractivity contribution is 8.15. The number of hydrogen-bond donors (Lipinski definition) is 1. The highest BCUT2D eigenvalue weighted by Crippen LogP contribution is 2.10. The summed E-state index contributed by atoms with van der Waals surface area (Å²) in [5, 5.41) is 11.3. The van der Waals surface area contributed by atoms with E-state index in [1.807, 2.05) is 0 Å². The summed E-state index contributed by atoms with van der Waals surface area (Å²) in [6.45, 7) is 7.82. The third kappa shape index (κ3) is 7.40. The van der Waals surface area contributed by atoms with Gasteiger partial charge in [-0.25, -0.2) is 0 Å². The summed E-state index contributed by atoms with van der Waals surface area (Å²) in [4.78, 5) is 13.6. The number of nitrogens with one attached hydrogen (secondary N) is 1. The van der Waals surface area contributed by atoms with Crippen molar-refractivity contribution in [3.63, 3.8) is 0 Å². The minimum Gasteiger partial charge on any atom is -0.303 e. The van der Waals surface area contributed by atoms with Gasteiger partial charge >= 0.3 is 0 Å². The summed E-state index contributed by atoms with van der Waals surface area (Å²) in [7, 11) is 0. The number of carbonyl (C=O) groups excluding carboxylic acids is 1. The van der Waals surface area contributed by atoms with E-state index < -0.39 is 0 Å². The van der Waals surface area contributed by atoms with Crippen LogP contribution in [0.3, 0.4) is 0 Å². The lowest BCUT2D eigenvalue weighted by Gasteiger charge is -2.22. The molecule has 0 radical (unpaired) electrons. The SMILES string of the molecule is CCCCN(CCCC)Cc1ccc(C=NN=C2NC(=O)CS2)cc1. The number of nitrogens with zero attached hydrogens (tertiary/aromatic N) is 3. The Hall–Kier alpha value is -1.66. The van der Waals surface area contributed by atoms with Gasteiger partial charge in [0.25, 0.3) is 0 Å². The van der Waals surface area contributed by atoms with Gasteiger partial charge in [-0.05, 0) is 37.1 Å². The van der Waals surface area contributed by atoms with Crippen molar-refractivity contribution in [1.82, 2.24) is 10.2 Å². The van der Waals surface area contributed by atoms with Crippen LogP contribution in [-0.2, 0) is 11.3 Å². The van der Waals surface area contributed by atoms with Gasteiger partial charge in [0.1, 0.15) is 0 Å². The molecule has 1 amide bonds. The first kappa shape index (κ1) is 19.7. The van der Waals surface area contributed by atoms with E-state index in [4.69, 9.17) is 0 Å². The Morgan fingerprint density at radius 3 is 2.40 bits per heavy atom. The van der Waals surface area contributed by atoms with E-state index in [1.165, 1.54) is 56.1 Å². The molecule has 1 aliphatic rings. The van der Waals surface area contributed by atoms with Crippen LogP contribution in [0.15, 0.2) is 34.5 Å². The van der Waals surface area contributed by atoms with Crippen molar-refractivity contribution in [2.75, 3.05) is 18.8 Å². The molecule has 1 aromatic carbocycles. The minimum atomic E-state index is -0.0148. The number of rotatable bonds is 10. The number of thioether (sulfide) groups is 1. The van der Waals surface area contributed by atoms with Crippen LogP contribution in [0.5, 0.6) is 0 Å². The molecule has 0 saturated carbocycles. The second-order valence-corrected chi connectivity index (χ2v) is 7.18. The maximum Gasteiger partial charge on any atom is 0.236 e. The molecular formula is C19H28N4OS. The minimum absolute atomic E-state index is 0.0148. The van der Waals surface area contributed by atoms with Gasteiger partial charge in [-0.3, -0.25) is 9.69 Å². The second-order valence-electron chi connectivity index (χ2n) is 6.21. The first-order valence-corrected chi connectivity index (χ1v) is 10.0. The molecule has 25 heavy (non-hydrogen) atoms. The van der Waals surface area contributed by atoms with Gasteiger partial charge in [-0.15, -0.1) is 5.10 Å². The molecule has 1 fully saturated rings. The second kappa shape index (κ2) is 11.1. The van der Waals surface area contributed by atoms with E-state index in [9.17, 15) is 4.79 Å². The van der Waals surface area contributed by atoms with Crippen LogP contribution in [0.1, 0.15) is 50.7 Å². The summed E-state index contributed by atoms with van der Waals surface area (Å²) >= 11 is 1.38. The topological polar surface area (TPSA) is 57.1 Å². The van der Waals surface area contributed by atoms with Gasteiger partial charge in [0.05, 0.1) is 12.0 Å². The van der Waals surface area contributed by atoms with Crippen molar-refractivity contribution in [1.29, 1.82) is 0 Å². The third-order valence-corrected chi connectivity index (χ3v) is 4.85. The molecule has 1 saturated heterocycles. The smallest absolute Gasteiger partial charge is 0.236 e. The number of carbonyl (C=O) groups is 1. The van der Waals surface area contributed by atoms with E-state index in [-0.39, 0.29) is 5.91 Å². The van der Waals surface area contributed by atoms with Crippen LogP contribution in [-0.4, -0.2) is 41.0 Å². The fourth-order valence-electron chi connectivity index (χ4n) is 2.53. The van der Waals surface area contributed by atoms with Crippen LogP contribution in [0.2, 0.25) is 0 Å². The molecule has 1 aliphatic heterocycles. The average molecular weight is 361 g/mol. The summed E-state index contributed by atoms with van der Waals surface area (Å²) in [5.74, 6) is 0.411. The zero-order chi connectivity index (χ0) is 17.9. The molecule has 0 aliphatic carbocycles. The molecule has 0 atom stereocenters. The monoisotopic (exact) mass is 360 g/mol. The zero-order valence-corrected chi connectivity index (χ0v) is 16.0. The molecule has 5 nitrogen and oxygen atoms in total. The van der Waals surface area contributed by atoms with Crippen LogP contribution >= 0.6 is 11.8 Å². The van der Waals surface area contributed by atoms with Gasteiger partial charge < -0.3 is 5.32 Å². The zero-order valence-electron chi connectivity index (χ0n) is 15.2. The van der Waals surface area contributed by atoms with E-state index in [0.29, 0.717) is 10.9 Å². The van der Waals surface area contributed by atoms with Crippen LogP contribution in [0, 0.1) is 0 Å². The van der Waals surface area contributed by atoms with Gasteiger partial charge in [0.2, 0.25) is 5.91 Å². The highest BCUT2D eigenvalue weighted by Gasteiger charge is 2.15. The predicted molar refractivity (Wildman–Crippen MR) is 107 cm³/mol. The van der Waals surface area contributed by atoms with Gasteiger partial charge in [0, 0.05) is 6.54 Å². The lowest BCUT2D eigenvalue weighted by atomic mass is 10.1. The quantitative estimate of drug-likeness (QED) is 0.512. The average Bonchev–Trinajstić information content (AvgIpc) is 3.04. The molecule has 0 bridgehead atoms. The van der Waals surface area contributed by atoms with Crippen molar-refractivity contribution in [3.05, 3.63) is 35.4 Å². The van der Waals surface area contributed by atoms with Crippen LogP contribution in [0.25, 0.3) is 0 Å². The summed E-state index contributed by atoms with van der Waals surface area (Å²) < 4.78 is 0. The van der Waals surface area contributed by atoms with Crippen molar-refractivity contribution in [3.8, 4) is 0 Å². The Balaban J connectivity index is 1.88. The Morgan fingerprint density at radius 1 is 1.16 bits per heavy atom. The van der Waals surface area contributed by atoms with Gasteiger partial charge in [-0.1, -0.05) is 62.7 Å². The van der Waals surface area contributed by atoms with Crippen LogP contribution in [0.4, 0.5) is 0 Å². The molecule has 1 heterocycles. The first-order valence-electron chi connectivity index (χ1n) is 9.06. The number of hydrogen-bond acceptors (Lipinski definition) is 5. The van der Waals surface area contributed by atoms with E-state index >= 15 is 0 Å². The van der Waals surface area contributed by atoms with Gasteiger partial charge in [-0.2, -0.15) is 5.10 Å². The molecule has 1 N–H and O–H groups in total. The van der Waals surface area contributed by atoms with Crippen molar-refractivity contribution in [2.24, 2.45) is 10.2 Å². The molecule has 1 aromatic rings. The number of benzene rings is 1. The number of amidine groups is 1. The third-order valence-electron chi connectivity index (χ3n) is 3.98. The van der Waals surface area contributed by atoms with Crippen LogP contribution < -0.4 is 5.32 Å². The fraction of sp³-hybridized carbons (Fsp3) is 0.526. The maximum atomic E-state index is 11.1. The molecule has 0 unspecified atom stereocenters. The predicted octanol–water partition coefficient (Wildman–Crippen LogP) is 3.64. The normalized spacial score (nSPS) is 16.3. The molecule has 2 rings (SSSR count). The van der Waals surface area contributed by atoms with E-state index in [0.717, 1.165) is 12.1 Å². The fourth-order valence-corrected chi connectivity index (χ4v) is 3.16. The molecule has 0 aromatic heterocycles. The number of amides is 1. The van der Waals surface area contributed by atoms with Crippen molar-refractivity contribution >= 4 is 29.1 Å². The van der Waals surface area contributed by atoms with Crippen molar-refractivity contribution in [2.45, 2.75) is 46.1 Å². The lowest BCUT2D eigenvalue weighted by molar-refractivity contribution is -0.116.